The van der Waals surface area contributed by atoms with E-state index >= 15 is 0 Å². The number of anilines is 1. The normalized spacial score (nSPS) is 10.0. The number of carbonyl (C=O) groups is 3. The summed E-state index contributed by atoms with van der Waals surface area (Å²) in [5.74, 6) is -0.695. The molecule has 0 heterocycles. The molecule has 0 atom stereocenters. The number of esters is 1. The Balaban J connectivity index is 1.89. The second kappa shape index (κ2) is 9.40. The molecule has 0 unspecified atom stereocenters. The van der Waals surface area contributed by atoms with Crippen molar-refractivity contribution < 1.29 is 28.6 Å². The maximum absolute atomic E-state index is 12.1. The van der Waals surface area contributed by atoms with E-state index in [2.05, 4.69) is 10.6 Å². The molecule has 2 aromatic carbocycles. The van der Waals surface area contributed by atoms with Gasteiger partial charge in [0.15, 0.2) is 6.61 Å². The van der Waals surface area contributed by atoms with E-state index in [1.54, 1.807) is 12.1 Å². The van der Waals surface area contributed by atoms with Crippen LogP contribution in [0.25, 0.3) is 0 Å². The highest BCUT2D eigenvalue weighted by atomic mass is 16.5. The van der Waals surface area contributed by atoms with Crippen LogP contribution in [0.2, 0.25) is 0 Å². The Morgan fingerprint density at radius 2 is 1.57 bits per heavy atom. The lowest BCUT2D eigenvalue weighted by molar-refractivity contribution is -0.123. The molecule has 0 aromatic heterocycles. The van der Waals surface area contributed by atoms with Crippen molar-refractivity contribution in [2.24, 2.45) is 0 Å². The molecule has 3 amide bonds. The monoisotopic (exact) mass is 386 g/mol. The van der Waals surface area contributed by atoms with Gasteiger partial charge in [-0.15, -0.1) is 0 Å². The first-order valence-corrected chi connectivity index (χ1v) is 8.40. The van der Waals surface area contributed by atoms with Crippen molar-refractivity contribution in [2.45, 2.75) is 13.8 Å². The third kappa shape index (κ3) is 5.73. The van der Waals surface area contributed by atoms with Crippen molar-refractivity contribution in [3.8, 4) is 11.5 Å². The minimum absolute atomic E-state index is 0.156. The third-order valence-electron chi connectivity index (χ3n) is 3.80. The molecule has 0 aliphatic heterocycles. The molecular weight excluding hydrogens is 364 g/mol. The second-order valence-electron chi connectivity index (χ2n) is 6.00. The Kier molecular flexibility index (Phi) is 6.97. The predicted octanol–water partition coefficient (Wildman–Crippen LogP) is 2.83. The molecule has 8 heteroatoms. The molecule has 0 aliphatic carbocycles. The lowest BCUT2D eigenvalue weighted by Gasteiger charge is -2.11. The minimum atomic E-state index is -0.759. The zero-order chi connectivity index (χ0) is 20.7. The molecule has 28 heavy (non-hydrogen) atoms. The van der Waals surface area contributed by atoms with Crippen molar-refractivity contribution in [3.63, 3.8) is 0 Å². The summed E-state index contributed by atoms with van der Waals surface area (Å²) in [6.07, 6.45) is 0. The van der Waals surface area contributed by atoms with Crippen molar-refractivity contribution in [1.82, 2.24) is 5.32 Å². The first kappa shape index (κ1) is 20.8. The van der Waals surface area contributed by atoms with Crippen LogP contribution in [0, 0.1) is 13.8 Å². The number of benzene rings is 2. The summed E-state index contributed by atoms with van der Waals surface area (Å²) in [5.41, 5.74) is 2.65. The van der Waals surface area contributed by atoms with Gasteiger partial charge in [-0.25, -0.2) is 9.59 Å². The van der Waals surface area contributed by atoms with E-state index in [1.165, 1.54) is 26.4 Å². The highest BCUT2D eigenvalue weighted by Gasteiger charge is 2.15. The maximum atomic E-state index is 12.1. The van der Waals surface area contributed by atoms with Crippen LogP contribution in [0.1, 0.15) is 21.5 Å². The number of ether oxygens (including phenoxy) is 3. The van der Waals surface area contributed by atoms with Crippen LogP contribution in [0.5, 0.6) is 11.5 Å². The van der Waals surface area contributed by atoms with Crippen molar-refractivity contribution >= 4 is 23.6 Å². The van der Waals surface area contributed by atoms with E-state index in [4.69, 9.17) is 14.2 Å². The van der Waals surface area contributed by atoms with E-state index in [-0.39, 0.29) is 5.56 Å². The lowest BCUT2D eigenvalue weighted by atomic mass is 10.1. The molecule has 0 fully saturated rings. The van der Waals surface area contributed by atoms with E-state index in [1.807, 2.05) is 26.0 Å². The number of carbonyl (C=O) groups excluding carboxylic acids is 3. The second-order valence-corrected chi connectivity index (χ2v) is 6.00. The quantitative estimate of drug-likeness (QED) is 0.740. The van der Waals surface area contributed by atoms with Gasteiger partial charge in [0.2, 0.25) is 0 Å². The fourth-order valence-corrected chi connectivity index (χ4v) is 2.41. The van der Waals surface area contributed by atoms with Gasteiger partial charge in [0, 0.05) is 11.8 Å². The molecule has 0 saturated heterocycles. The molecule has 2 rings (SSSR count). The predicted molar refractivity (Wildman–Crippen MR) is 103 cm³/mol. The van der Waals surface area contributed by atoms with Gasteiger partial charge in [-0.3, -0.25) is 10.1 Å². The molecule has 0 saturated carbocycles. The Morgan fingerprint density at radius 1 is 0.929 bits per heavy atom. The van der Waals surface area contributed by atoms with Gasteiger partial charge in [0.1, 0.15) is 11.5 Å². The number of hydrogen-bond acceptors (Lipinski definition) is 6. The van der Waals surface area contributed by atoms with Crippen LogP contribution in [0.15, 0.2) is 36.4 Å². The van der Waals surface area contributed by atoms with Crippen LogP contribution < -0.4 is 20.1 Å². The number of urea groups is 1. The molecule has 2 aromatic rings. The van der Waals surface area contributed by atoms with Crippen molar-refractivity contribution in [3.05, 3.63) is 53.1 Å². The van der Waals surface area contributed by atoms with E-state index in [0.717, 1.165) is 11.1 Å². The molecule has 0 radical (unpaired) electrons. The molecule has 0 spiro atoms. The number of hydrogen-bond donors (Lipinski definition) is 2. The van der Waals surface area contributed by atoms with Gasteiger partial charge in [-0.1, -0.05) is 17.7 Å². The van der Waals surface area contributed by atoms with E-state index in [9.17, 15) is 14.4 Å². The van der Waals surface area contributed by atoms with Crippen LogP contribution in [0.3, 0.4) is 0 Å². The molecule has 0 aliphatic rings. The largest absolute Gasteiger partial charge is 0.497 e. The van der Waals surface area contributed by atoms with Crippen molar-refractivity contribution in [1.29, 1.82) is 0 Å². The minimum Gasteiger partial charge on any atom is -0.497 e. The fourth-order valence-electron chi connectivity index (χ4n) is 2.41. The van der Waals surface area contributed by atoms with Gasteiger partial charge in [0.05, 0.1) is 19.8 Å². The third-order valence-corrected chi connectivity index (χ3v) is 3.80. The summed E-state index contributed by atoms with van der Waals surface area (Å²) >= 11 is 0. The van der Waals surface area contributed by atoms with Crippen LogP contribution >= 0.6 is 0 Å². The summed E-state index contributed by atoms with van der Waals surface area (Å²) < 4.78 is 15.1. The average molecular weight is 386 g/mol. The van der Waals surface area contributed by atoms with Gasteiger partial charge >= 0.3 is 12.0 Å². The summed E-state index contributed by atoms with van der Waals surface area (Å²) in [7, 11) is 2.90. The lowest BCUT2D eigenvalue weighted by Crippen LogP contribution is -2.37. The van der Waals surface area contributed by atoms with Crippen LogP contribution in [-0.2, 0) is 9.53 Å². The first-order chi connectivity index (χ1) is 13.3. The first-order valence-electron chi connectivity index (χ1n) is 8.40. The molecule has 148 valence electrons. The Hall–Kier alpha value is -3.55. The highest BCUT2D eigenvalue weighted by Crippen LogP contribution is 2.23. The summed E-state index contributed by atoms with van der Waals surface area (Å²) in [5, 5.41) is 4.68. The SMILES string of the molecule is COc1cc(OC)cc(C(=O)OCC(=O)NC(=O)Nc2ccc(C)cc2C)c1. The summed E-state index contributed by atoms with van der Waals surface area (Å²) in [4.78, 5) is 35.9. The topological polar surface area (TPSA) is 103 Å². The van der Waals surface area contributed by atoms with Crippen LogP contribution in [0.4, 0.5) is 10.5 Å². The smallest absolute Gasteiger partial charge is 0.338 e. The van der Waals surface area contributed by atoms with Gasteiger partial charge in [-0.2, -0.15) is 0 Å². The zero-order valence-electron chi connectivity index (χ0n) is 16.1. The number of amides is 3. The van der Waals surface area contributed by atoms with E-state index < -0.39 is 24.5 Å². The van der Waals surface area contributed by atoms with Gasteiger partial charge < -0.3 is 19.5 Å². The fraction of sp³-hybridized carbons (Fsp3) is 0.250. The van der Waals surface area contributed by atoms with Gasteiger partial charge in [-0.05, 0) is 37.6 Å². The number of nitrogens with one attached hydrogen (secondary N) is 2. The Labute approximate surface area is 162 Å². The maximum Gasteiger partial charge on any atom is 0.338 e. The summed E-state index contributed by atoms with van der Waals surface area (Å²) in [6.45, 7) is 3.17. The standard InChI is InChI=1S/C20H22N2O6/c1-12-5-6-17(13(2)7-12)21-20(25)22-18(23)11-28-19(24)14-8-15(26-3)10-16(9-14)27-4/h5-10H,11H2,1-4H3,(H2,21,22,23,25). The highest BCUT2D eigenvalue weighted by molar-refractivity contribution is 6.02. The number of imide groups is 1. The molecule has 0 bridgehead atoms. The molecular formula is C20H22N2O6. The summed E-state index contributed by atoms with van der Waals surface area (Å²) in [6, 6.07) is 9.28. The Bertz CT molecular complexity index is 872. The molecule has 2 N–H and O–H groups in total. The zero-order valence-corrected chi connectivity index (χ0v) is 16.1. The van der Waals surface area contributed by atoms with Gasteiger partial charge in [0.25, 0.3) is 5.91 Å². The van der Waals surface area contributed by atoms with E-state index in [0.29, 0.717) is 17.2 Å². The number of aryl methyl sites for hydroxylation is 2. The average Bonchev–Trinajstić information content (AvgIpc) is 2.67. The Morgan fingerprint density at radius 3 is 2.14 bits per heavy atom. The number of rotatable bonds is 6. The number of methoxy groups -OCH3 is 2. The van der Waals surface area contributed by atoms with Crippen LogP contribution in [-0.4, -0.2) is 38.7 Å². The van der Waals surface area contributed by atoms with Crippen molar-refractivity contribution in [2.75, 3.05) is 26.1 Å². The molecule has 8 nitrogen and oxygen atoms in total.